The number of hydrogen-bond acceptors (Lipinski definition) is 6. The van der Waals surface area contributed by atoms with Gasteiger partial charge in [-0.1, -0.05) is 34.1 Å². The van der Waals surface area contributed by atoms with E-state index in [1.807, 2.05) is 13.8 Å². The van der Waals surface area contributed by atoms with Gasteiger partial charge in [0.1, 0.15) is 11.9 Å². The summed E-state index contributed by atoms with van der Waals surface area (Å²) in [6.45, 7) is 8.26. The van der Waals surface area contributed by atoms with Crippen LogP contribution >= 0.6 is 0 Å². The van der Waals surface area contributed by atoms with Gasteiger partial charge in [0.05, 0.1) is 18.6 Å². The van der Waals surface area contributed by atoms with Crippen LogP contribution in [-0.4, -0.2) is 41.9 Å². The van der Waals surface area contributed by atoms with Crippen molar-refractivity contribution in [3.63, 3.8) is 0 Å². The molecule has 1 heterocycles. The summed E-state index contributed by atoms with van der Waals surface area (Å²) in [6, 6.07) is 0. The summed E-state index contributed by atoms with van der Waals surface area (Å²) in [4.78, 5) is 0. The molecule has 3 aliphatic rings. The van der Waals surface area contributed by atoms with Gasteiger partial charge in [-0.05, 0) is 24.2 Å². The fourth-order valence-corrected chi connectivity index (χ4v) is 6.51. The minimum absolute atomic E-state index is 0.0406. The van der Waals surface area contributed by atoms with Gasteiger partial charge in [0, 0.05) is 29.7 Å². The number of phenols is 2. The summed E-state index contributed by atoms with van der Waals surface area (Å²) in [5, 5.41) is 33.3. The summed E-state index contributed by atoms with van der Waals surface area (Å²) in [6.07, 6.45) is 0.677. The second kappa shape index (κ2) is 6.25. The highest BCUT2D eigenvalue weighted by Crippen LogP contribution is 2.69. The summed E-state index contributed by atoms with van der Waals surface area (Å²) in [5.41, 5.74) is 0.901. The third-order valence-corrected chi connectivity index (χ3v) is 7.42. The first-order chi connectivity index (χ1) is 13.1. The normalized spacial score (nSPS) is 35.6. The lowest BCUT2D eigenvalue weighted by molar-refractivity contribution is -0.140. The number of rotatable bonds is 3. The zero-order chi connectivity index (χ0) is 20.6. The van der Waals surface area contributed by atoms with E-state index in [2.05, 4.69) is 13.8 Å². The Bertz CT molecular complexity index is 801. The van der Waals surface area contributed by atoms with Crippen molar-refractivity contribution in [2.24, 2.45) is 11.3 Å². The van der Waals surface area contributed by atoms with E-state index in [0.29, 0.717) is 28.9 Å². The standard InChI is InChI=1S/C22H32O6/c1-10(2)11-14(23)15(24)13-12(16(11)26-5)17(27-6)18-19-21(3,4)8-7-9-22(13,19)20(25)28-18/h10,17-20,23-25H,7-9H2,1-6H3. The van der Waals surface area contributed by atoms with Crippen LogP contribution in [0.5, 0.6) is 17.2 Å². The maximum atomic E-state index is 11.2. The van der Waals surface area contributed by atoms with Crippen LogP contribution in [0.15, 0.2) is 0 Å². The molecule has 4 rings (SSSR count). The molecule has 5 unspecified atom stereocenters. The molecule has 0 aromatic heterocycles. The molecule has 2 bridgehead atoms. The second-order valence-electron chi connectivity index (χ2n) is 9.56. The molecule has 5 atom stereocenters. The summed E-state index contributed by atoms with van der Waals surface area (Å²) < 4.78 is 17.8. The van der Waals surface area contributed by atoms with Gasteiger partial charge in [0.15, 0.2) is 17.8 Å². The molecule has 0 amide bonds. The van der Waals surface area contributed by atoms with E-state index in [0.717, 1.165) is 12.8 Å². The molecule has 1 aliphatic heterocycles. The predicted octanol–water partition coefficient (Wildman–Crippen LogP) is 3.71. The van der Waals surface area contributed by atoms with Crippen LogP contribution in [0, 0.1) is 11.3 Å². The van der Waals surface area contributed by atoms with Gasteiger partial charge in [-0.25, -0.2) is 0 Å². The van der Waals surface area contributed by atoms with Crippen LogP contribution in [0.1, 0.15) is 75.7 Å². The van der Waals surface area contributed by atoms with Crippen LogP contribution in [0.3, 0.4) is 0 Å². The molecule has 1 aromatic rings. The van der Waals surface area contributed by atoms with Gasteiger partial charge < -0.3 is 29.5 Å². The van der Waals surface area contributed by atoms with Crippen molar-refractivity contribution in [2.75, 3.05) is 14.2 Å². The third kappa shape index (κ3) is 2.20. The molecule has 1 saturated heterocycles. The Kier molecular flexibility index (Phi) is 4.42. The Hall–Kier alpha value is -1.50. The molecule has 6 heteroatoms. The SMILES string of the molecule is COc1c(C(C)C)c(O)c(O)c2c1C(OC)C1OC(O)C23CCCC(C)(C)C13. The van der Waals surface area contributed by atoms with Gasteiger partial charge in [0.25, 0.3) is 0 Å². The number of aliphatic hydroxyl groups is 1. The molecular weight excluding hydrogens is 360 g/mol. The second-order valence-corrected chi connectivity index (χ2v) is 9.56. The van der Waals surface area contributed by atoms with Gasteiger partial charge in [-0.2, -0.15) is 0 Å². The lowest BCUT2D eigenvalue weighted by atomic mass is 9.49. The van der Waals surface area contributed by atoms with Gasteiger partial charge in [-0.15, -0.1) is 0 Å². The number of benzene rings is 1. The maximum absolute atomic E-state index is 11.2. The molecule has 1 aromatic carbocycles. The Morgan fingerprint density at radius 3 is 2.36 bits per heavy atom. The number of aromatic hydroxyl groups is 2. The van der Waals surface area contributed by atoms with Crippen molar-refractivity contribution in [3.05, 3.63) is 16.7 Å². The molecule has 3 N–H and O–H groups in total. The number of ether oxygens (including phenoxy) is 3. The van der Waals surface area contributed by atoms with Crippen LogP contribution in [0.2, 0.25) is 0 Å². The van der Waals surface area contributed by atoms with E-state index in [1.165, 1.54) is 0 Å². The molecule has 1 saturated carbocycles. The van der Waals surface area contributed by atoms with E-state index in [-0.39, 0.29) is 34.9 Å². The Balaban J connectivity index is 2.13. The maximum Gasteiger partial charge on any atom is 0.165 e. The van der Waals surface area contributed by atoms with E-state index in [4.69, 9.17) is 14.2 Å². The first-order valence-corrected chi connectivity index (χ1v) is 10.2. The van der Waals surface area contributed by atoms with Gasteiger partial charge >= 0.3 is 0 Å². The van der Waals surface area contributed by atoms with Crippen molar-refractivity contribution >= 4 is 0 Å². The number of aliphatic hydroxyl groups excluding tert-OH is 1. The minimum Gasteiger partial charge on any atom is -0.504 e. The Morgan fingerprint density at radius 1 is 1.11 bits per heavy atom. The fraction of sp³-hybridized carbons (Fsp3) is 0.727. The monoisotopic (exact) mass is 392 g/mol. The van der Waals surface area contributed by atoms with E-state index in [9.17, 15) is 15.3 Å². The summed E-state index contributed by atoms with van der Waals surface area (Å²) in [7, 11) is 3.18. The fourth-order valence-electron chi connectivity index (χ4n) is 6.51. The topological polar surface area (TPSA) is 88.4 Å². The first kappa shape index (κ1) is 19.8. The molecule has 6 nitrogen and oxygen atoms in total. The lowest BCUT2D eigenvalue weighted by Gasteiger charge is -2.54. The van der Waals surface area contributed by atoms with Crippen molar-refractivity contribution < 1.29 is 29.5 Å². The summed E-state index contributed by atoms with van der Waals surface area (Å²) in [5.74, 6) is 0.0732. The average molecular weight is 392 g/mol. The van der Waals surface area contributed by atoms with Crippen LogP contribution in [0.4, 0.5) is 0 Å². The number of hydrogen-bond donors (Lipinski definition) is 3. The number of phenolic OH excluding ortho intramolecular Hbond substituents is 2. The zero-order valence-corrected chi connectivity index (χ0v) is 17.6. The first-order valence-electron chi connectivity index (χ1n) is 10.2. The van der Waals surface area contributed by atoms with Crippen LogP contribution in [-0.2, 0) is 14.9 Å². The van der Waals surface area contributed by atoms with Crippen LogP contribution in [0.25, 0.3) is 0 Å². The smallest absolute Gasteiger partial charge is 0.165 e. The molecule has 0 spiro atoms. The van der Waals surface area contributed by atoms with Gasteiger partial charge in [0.2, 0.25) is 0 Å². The van der Waals surface area contributed by atoms with E-state index < -0.39 is 17.8 Å². The van der Waals surface area contributed by atoms with Crippen molar-refractivity contribution in [1.29, 1.82) is 0 Å². The highest BCUT2D eigenvalue weighted by Gasteiger charge is 2.69. The highest BCUT2D eigenvalue weighted by atomic mass is 16.6. The number of fused-ring (bicyclic) bond motifs is 1. The lowest BCUT2D eigenvalue weighted by Crippen LogP contribution is -2.55. The zero-order valence-electron chi connectivity index (χ0n) is 17.6. The van der Waals surface area contributed by atoms with Crippen LogP contribution < -0.4 is 4.74 Å². The molecule has 2 fully saturated rings. The molecule has 2 aliphatic carbocycles. The minimum atomic E-state index is -1.07. The third-order valence-electron chi connectivity index (χ3n) is 7.42. The number of methoxy groups -OCH3 is 2. The predicted molar refractivity (Wildman–Crippen MR) is 104 cm³/mol. The van der Waals surface area contributed by atoms with Gasteiger partial charge in [-0.3, -0.25) is 0 Å². The average Bonchev–Trinajstić information content (AvgIpc) is 2.87. The Labute approximate surface area is 166 Å². The van der Waals surface area contributed by atoms with E-state index in [1.54, 1.807) is 14.2 Å². The molecule has 156 valence electrons. The van der Waals surface area contributed by atoms with Crippen molar-refractivity contribution in [3.8, 4) is 17.2 Å². The molecular formula is C22H32O6. The molecule has 0 radical (unpaired) electrons. The summed E-state index contributed by atoms with van der Waals surface area (Å²) >= 11 is 0. The highest BCUT2D eigenvalue weighted by molar-refractivity contribution is 5.68. The van der Waals surface area contributed by atoms with Crippen molar-refractivity contribution in [1.82, 2.24) is 0 Å². The van der Waals surface area contributed by atoms with Crippen molar-refractivity contribution in [2.45, 2.75) is 76.8 Å². The van der Waals surface area contributed by atoms with E-state index >= 15 is 0 Å². The largest absolute Gasteiger partial charge is 0.504 e. The quantitative estimate of drug-likeness (QED) is 0.680. The molecule has 28 heavy (non-hydrogen) atoms. The Morgan fingerprint density at radius 2 is 1.79 bits per heavy atom.